The molecule has 0 bridgehead atoms. The fraction of sp³-hybridized carbons (Fsp3) is 0.236. The van der Waals surface area contributed by atoms with Crippen LogP contribution < -0.4 is 57.9 Å². The van der Waals surface area contributed by atoms with Gasteiger partial charge in [-0.25, -0.2) is 19.2 Å². The molecule has 0 radical (unpaired) electrons. The average Bonchev–Trinajstić information content (AvgIpc) is 0.947. The smallest absolute Gasteiger partial charge is 0.336 e. The van der Waals surface area contributed by atoms with Gasteiger partial charge in [0.15, 0.2) is 46.0 Å². The molecule has 1 unspecified atom stereocenters. The molecule has 12 aromatic rings. The summed E-state index contributed by atoms with van der Waals surface area (Å²) in [5.41, 5.74) is 11.6. The standard InChI is InChI=1S/C47H48N4O8S.C22H22N2O4.C20H20N2O4S/c1-5-57-41-21-18-33(25-42(41)58-6-2)51(28-35-27-49-29-60-35)39-23-30(45(52)53)16-19-36(39)44-37(46(54)55)14-9-15-38(44)50-47(3,32-11-10-22-48-26-32)31-17-20-40(56-4)43(24-31)59-34-12-7-8-13-34;1-27-20-9-8-19(14-21(20)28-2)24(12-10-16-5-4-11-23-15-16)18-7-3-6-17(13-18)22(25)26;1-3-26-18-9-8-16(10-19(18)25-2)22(12-17-11-21-13-27-17)15-6-4-14(5-7-15)20(23)24/h9-11,14-27,29,34,50H,5-8,12-13,28H2,1-4H3,(H,52,53)(H,54,55);3-9,11,13-15H,10,12H2,1-2H3,(H,25,26);4-11,13H,3,12H2,1-2H3,(H,23,24). The van der Waals surface area contributed by atoms with Gasteiger partial charge >= 0.3 is 23.9 Å². The number of benzene rings is 8. The third-order valence-electron chi connectivity index (χ3n) is 19.1. The number of methoxy groups -OCH3 is 4. The van der Waals surface area contributed by atoms with Crippen molar-refractivity contribution in [3.8, 4) is 57.1 Å². The Balaban J connectivity index is 0.000000195. The molecule has 8 aromatic carbocycles. The van der Waals surface area contributed by atoms with Crippen molar-refractivity contribution in [1.29, 1.82) is 0 Å². The molecule has 0 spiro atoms. The number of aromatic carboxylic acids is 4. The molecule has 5 N–H and O–H groups in total. The summed E-state index contributed by atoms with van der Waals surface area (Å²) in [6.45, 7) is 10.6. The first-order valence-electron chi connectivity index (χ1n) is 37.2. The summed E-state index contributed by atoms with van der Waals surface area (Å²) in [4.78, 5) is 73.7. The second-order valence-corrected chi connectivity index (χ2v) is 28.3. The molecule has 594 valence electrons. The van der Waals surface area contributed by atoms with Gasteiger partial charge < -0.3 is 78.3 Å². The van der Waals surface area contributed by atoms with Gasteiger partial charge in [0.25, 0.3) is 0 Å². The lowest BCUT2D eigenvalue weighted by molar-refractivity contribution is 0.0686. The number of hydrogen-bond donors (Lipinski definition) is 5. The van der Waals surface area contributed by atoms with Crippen LogP contribution in [0.5, 0.6) is 46.0 Å². The monoisotopic (exact) mass is 1590 g/mol. The first-order chi connectivity index (χ1) is 55.9. The molecule has 115 heavy (non-hydrogen) atoms. The van der Waals surface area contributed by atoms with Crippen molar-refractivity contribution in [1.82, 2.24) is 19.9 Å². The van der Waals surface area contributed by atoms with Crippen LogP contribution in [0, 0.1) is 0 Å². The van der Waals surface area contributed by atoms with Crippen molar-refractivity contribution in [2.45, 2.75) is 84.5 Å². The number of nitrogens with zero attached hydrogens (tertiary/aromatic N) is 7. The highest BCUT2D eigenvalue weighted by Gasteiger charge is 2.34. The summed E-state index contributed by atoms with van der Waals surface area (Å²) in [7, 11) is 6.41. The number of nitrogens with one attached hydrogen (secondary N) is 1. The molecule has 1 atom stereocenters. The number of aromatic nitrogens is 4. The van der Waals surface area contributed by atoms with Gasteiger partial charge in [0.2, 0.25) is 0 Å². The summed E-state index contributed by atoms with van der Waals surface area (Å²) in [5.74, 6) is 0.684. The lowest BCUT2D eigenvalue weighted by atomic mass is 9.84. The predicted octanol–water partition coefficient (Wildman–Crippen LogP) is 19.2. The normalized spacial score (nSPS) is 12.1. The minimum Gasteiger partial charge on any atom is -0.493 e. The van der Waals surface area contributed by atoms with E-state index in [9.17, 15) is 34.5 Å². The second-order valence-electron chi connectivity index (χ2n) is 26.3. The summed E-state index contributed by atoms with van der Waals surface area (Å²) < 4.78 is 46.0. The number of carboxylic acid groups (broad SMARTS) is 4. The lowest BCUT2D eigenvalue weighted by Crippen LogP contribution is -2.34. The van der Waals surface area contributed by atoms with E-state index in [1.54, 1.807) is 142 Å². The highest BCUT2D eigenvalue weighted by atomic mass is 32.1. The van der Waals surface area contributed by atoms with Crippen molar-refractivity contribution in [2.75, 3.05) is 74.8 Å². The Morgan fingerprint density at radius 1 is 0.461 bits per heavy atom. The van der Waals surface area contributed by atoms with Crippen LogP contribution in [0.15, 0.2) is 230 Å². The average molecular weight is 1590 g/mol. The molecular weight excluding hydrogens is 1500 g/mol. The van der Waals surface area contributed by atoms with E-state index in [0.717, 1.165) is 81.3 Å². The van der Waals surface area contributed by atoms with Crippen molar-refractivity contribution < 1.29 is 77.5 Å². The van der Waals surface area contributed by atoms with Crippen LogP contribution in [-0.4, -0.2) is 125 Å². The van der Waals surface area contributed by atoms with Gasteiger partial charge in [-0.1, -0.05) is 36.4 Å². The number of ether oxygens (including phenoxy) is 8. The molecule has 1 aliphatic carbocycles. The minimum absolute atomic E-state index is 0.0114. The number of carbonyl (C=O) groups is 4. The molecule has 4 heterocycles. The number of thiazole rings is 2. The molecule has 1 fully saturated rings. The number of rotatable bonds is 34. The van der Waals surface area contributed by atoms with E-state index >= 15 is 0 Å². The molecule has 26 heteroatoms. The predicted molar refractivity (Wildman–Crippen MR) is 446 cm³/mol. The molecule has 24 nitrogen and oxygen atoms in total. The van der Waals surface area contributed by atoms with Crippen LogP contribution in [0.1, 0.15) is 121 Å². The maximum Gasteiger partial charge on any atom is 0.336 e. The Morgan fingerprint density at radius 3 is 1.57 bits per heavy atom. The summed E-state index contributed by atoms with van der Waals surface area (Å²) in [6.07, 6.45) is 15.6. The molecule has 1 aliphatic rings. The Morgan fingerprint density at radius 2 is 0.983 bits per heavy atom. The largest absolute Gasteiger partial charge is 0.493 e. The van der Waals surface area contributed by atoms with E-state index in [0.29, 0.717) is 107 Å². The Kier molecular flexibility index (Phi) is 28.6. The maximum absolute atomic E-state index is 13.3. The zero-order chi connectivity index (χ0) is 81.4. The molecule has 0 saturated heterocycles. The highest BCUT2D eigenvalue weighted by molar-refractivity contribution is 7.09. The van der Waals surface area contributed by atoms with Crippen molar-refractivity contribution in [3.63, 3.8) is 0 Å². The summed E-state index contributed by atoms with van der Waals surface area (Å²) >= 11 is 3.02. The van der Waals surface area contributed by atoms with Crippen LogP contribution in [0.3, 0.4) is 0 Å². The first kappa shape index (κ1) is 82.8. The summed E-state index contributed by atoms with van der Waals surface area (Å²) in [5, 5.41) is 43.5. The van der Waals surface area contributed by atoms with Gasteiger partial charge in [0.1, 0.15) is 0 Å². The van der Waals surface area contributed by atoms with E-state index in [-0.39, 0.29) is 34.9 Å². The van der Waals surface area contributed by atoms with Gasteiger partial charge in [0.05, 0.1) is 112 Å². The van der Waals surface area contributed by atoms with Gasteiger partial charge in [-0.2, -0.15) is 0 Å². The van der Waals surface area contributed by atoms with Gasteiger partial charge in [0, 0.05) is 117 Å². The second kappa shape index (κ2) is 39.8. The fourth-order valence-electron chi connectivity index (χ4n) is 13.4. The molecule has 4 aromatic heterocycles. The van der Waals surface area contributed by atoms with E-state index < -0.39 is 29.4 Å². The van der Waals surface area contributed by atoms with E-state index in [1.165, 1.54) is 17.4 Å². The molecule has 13 rings (SSSR count). The maximum atomic E-state index is 13.3. The number of hydrogen-bond acceptors (Lipinski definition) is 22. The Labute approximate surface area is 675 Å². The molecule has 0 amide bonds. The minimum atomic E-state index is -1.16. The molecule has 1 saturated carbocycles. The topological polar surface area (TPSA) is 296 Å². The lowest BCUT2D eigenvalue weighted by Gasteiger charge is -2.35. The van der Waals surface area contributed by atoms with Gasteiger partial charge in [-0.3, -0.25) is 19.9 Å². The van der Waals surface area contributed by atoms with E-state index in [4.69, 9.17) is 43.0 Å². The number of anilines is 7. The SMILES string of the molecule is CCOc1ccc(N(Cc2cncs2)c2cc(C(=O)O)ccc2-c2c(NC(C)(c3cccnc3)c3ccc(OC)c(OC4CCCC4)c3)cccc2C(=O)O)cc1OCC.CCOc1ccc(N(Cc2cncs2)c2ccc(C(=O)O)cc2)cc1OC.COc1ccc(N(CCc2cccnc2)c2cccc(C(=O)O)c2)cc1OC. The Hall–Kier alpha value is -13.2. The van der Waals surface area contributed by atoms with Crippen molar-refractivity contribution in [2.24, 2.45) is 0 Å². The van der Waals surface area contributed by atoms with Gasteiger partial charge in [-0.15, -0.1) is 22.7 Å². The van der Waals surface area contributed by atoms with Crippen molar-refractivity contribution >= 4 is 86.4 Å². The zero-order valence-electron chi connectivity index (χ0n) is 64.9. The first-order valence-corrected chi connectivity index (χ1v) is 39.0. The molecular formula is C89H90N8O16S2. The van der Waals surface area contributed by atoms with Crippen LogP contribution in [-0.2, 0) is 25.0 Å². The molecule has 0 aliphatic heterocycles. The zero-order valence-corrected chi connectivity index (χ0v) is 66.6. The van der Waals surface area contributed by atoms with Crippen LogP contribution in [0.4, 0.5) is 39.8 Å². The summed E-state index contributed by atoms with van der Waals surface area (Å²) in [6, 6.07) is 54.1. The third-order valence-corrected chi connectivity index (χ3v) is 20.6. The third kappa shape index (κ3) is 20.7. The van der Waals surface area contributed by atoms with Gasteiger partial charge in [-0.05, 0) is 204 Å². The highest BCUT2D eigenvalue weighted by Crippen LogP contribution is 2.48. The van der Waals surface area contributed by atoms with E-state index in [1.807, 2.05) is 154 Å². The number of carboxylic acids is 4. The van der Waals surface area contributed by atoms with Crippen LogP contribution in [0.25, 0.3) is 11.1 Å². The van der Waals surface area contributed by atoms with Crippen LogP contribution >= 0.6 is 22.7 Å². The quantitative estimate of drug-likeness (QED) is 0.0250. The van der Waals surface area contributed by atoms with E-state index in [2.05, 4.69) is 35.1 Å². The Bertz CT molecular complexity index is 5230. The fourth-order valence-corrected chi connectivity index (χ4v) is 14.6. The van der Waals surface area contributed by atoms with Crippen LogP contribution in [0.2, 0.25) is 0 Å². The van der Waals surface area contributed by atoms with Crippen molar-refractivity contribution in [3.05, 3.63) is 279 Å². The number of pyridine rings is 2.